The van der Waals surface area contributed by atoms with E-state index >= 15 is 0 Å². The molecule has 0 aromatic heterocycles. The molecule has 1 aliphatic heterocycles. The smallest absolute Gasteiger partial charge is 0.251 e. The molecule has 0 atom stereocenters. The monoisotopic (exact) mass is 430 g/mol. The third-order valence-electron chi connectivity index (χ3n) is 5.85. The predicted molar refractivity (Wildman–Crippen MR) is 132 cm³/mol. The first-order valence-corrected chi connectivity index (χ1v) is 12.2. The van der Waals surface area contributed by atoms with Crippen molar-refractivity contribution < 1.29 is 4.79 Å². The van der Waals surface area contributed by atoms with Gasteiger partial charge in [0.2, 0.25) is 0 Å². The summed E-state index contributed by atoms with van der Waals surface area (Å²) in [6.45, 7) is 4.79. The molecule has 4 rings (SSSR count). The zero-order valence-corrected chi connectivity index (χ0v) is 19.0. The van der Waals surface area contributed by atoms with Crippen molar-refractivity contribution in [1.29, 1.82) is 0 Å². The van der Waals surface area contributed by atoms with E-state index in [0.717, 1.165) is 36.6 Å². The van der Waals surface area contributed by atoms with Gasteiger partial charge in [-0.3, -0.25) is 4.79 Å². The number of benzene rings is 3. The number of hydrogen-bond donors (Lipinski definition) is 1. The number of rotatable bonds is 8. The summed E-state index contributed by atoms with van der Waals surface area (Å²) in [5.41, 5.74) is 7.44. The number of fused-ring (bicyclic) bond motifs is 1. The summed E-state index contributed by atoms with van der Waals surface area (Å²) in [5.74, 6) is 1.90. The summed E-state index contributed by atoms with van der Waals surface area (Å²) in [4.78, 5) is 14.9. The topological polar surface area (TPSA) is 32.3 Å². The number of thioether (sulfide) groups is 1. The van der Waals surface area contributed by atoms with E-state index in [2.05, 4.69) is 77.8 Å². The molecule has 3 aromatic carbocycles. The lowest BCUT2D eigenvalue weighted by Gasteiger charge is -2.31. The summed E-state index contributed by atoms with van der Waals surface area (Å²) in [5, 5.41) is 3.04. The maximum absolute atomic E-state index is 12.5. The number of carbonyl (C=O) groups excluding carboxylic acids is 1. The molecule has 3 nitrogen and oxygen atoms in total. The van der Waals surface area contributed by atoms with Crippen LogP contribution in [0.3, 0.4) is 0 Å². The number of carbonyl (C=O) groups is 1. The van der Waals surface area contributed by atoms with Crippen LogP contribution < -0.4 is 10.2 Å². The Morgan fingerprint density at radius 2 is 1.77 bits per heavy atom. The van der Waals surface area contributed by atoms with Gasteiger partial charge in [0, 0.05) is 42.4 Å². The van der Waals surface area contributed by atoms with Crippen LogP contribution in [-0.4, -0.2) is 24.7 Å². The minimum absolute atomic E-state index is 0.00589. The molecule has 0 fully saturated rings. The lowest BCUT2D eigenvalue weighted by atomic mass is 10.0. The highest BCUT2D eigenvalue weighted by Gasteiger charge is 2.16. The molecule has 160 valence electrons. The second kappa shape index (κ2) is 10.5. The van der Waals surface area contributed by atoms with E-state index in [1.54, 1.807) is 0 Å². The fourth-order valence-corrected chi connectivity index (χ4v) is 4.99. The second-order valence-electron chi connectivity index (χ2n) is 8.09. The maximum Gasteiger partial charge on any atom is 0.251 e. The first-order valence-electron chi connectivity index (χ1n) is 11.0. The van der Waals surface area contributed by atoms with Gasteiger partial charge in [0.05, 0.1) is 0 Å². The van der Waals surface area contributed by atoms with Gasteiger partial charge in [0.1, 0.15) is 0 Å². The van der Waals surface area contributed by atoms with Gasteiger partial charge in [-0.1, -0.05) is 54.6 Å². The molecule has 1 N–H and O–H groups in total. The van der Waals surface area contributed by atoms with Crippen LogP contribution in [0.15, 0.2) is 72.8 Å². The van der Waals surface area contributed by atoms with Gasteiger partial charge in [-0.2, -0.15) is 11.8 Å². The lowest BCUT2D eigenvalue weighted by molar-refractivity contribution is 0.0956. The van der Waals surface area contributed by atoms with Gasteiger partial charge >= 0.3 is 0 Å². The number of para-hydroxylation sites is 1. The zero-order valence-electron chi connectivity index (χ0n) is 18.1. The summed E-state index contributed by atoms with van der Waals surface area (Å²) in [6.07, 6.45) is 2.36. The fourth-order valence-electron chi connectivity index (χ4n) is 4.05. The van der Waals surface area contributed by atoms with E-state index in [-0.39, 0.29) is 5.91 Å². The standard InChI is InChI=1S/C27H30N2OS/c1-21-7-2-3-9-25(21)20-31-18-16-28-27(30)24-14-12-22(13-15-24)19-29-17-6-10-23-8-4-5-11-26(23)29/h2-5,7-9,11-15H,6,10,16-20H2,1H3,(H,28,30). The Hall–Kier alpha value is -2.72. The minimum Gasteiger partial charge on any atom is -0.367 e. The van der Waals surface area contributed by atoms with Crippen LogP contribution in [0.4, 0.5) is 5.69 Å². The molecule has 0 aliphatic carbocycles. The summed E-state index contributed by atoms with van der Waals surface area (Å²) in [6, 6.07) is 25.2. The van der Waals surface area contributed by atoms with Gasteiger partial charge in [-0.05, 0) is 60.2 Å². The van der Waals surface area contributed by atoms with Crippen LogP contribution in [0.5, 0.6) is 0 Å². The van der Waals surface area contributed by atoms with Gasteiger partial charge < -0.3 is 10.2 Å². The molecule has 1 aliphatic rings. The molecular formula is C27H30N2OS. The van der Waals surface area contributed by atoms with Crippen molar-refractivity contribution in [2.45, 2.75) is 32.1 Å². The highest BCUT2D eigenvalue weighted by molar-refractivity contribution is 7.98. The molecule has 31 heavy (non-hydrogen) atoms. The van der Waals surface area contributed by atoms with Crippen LogP contribution in [-0.2, 0) is 18.7 Å². The number of amides is 1. The summed E-state index contributed by atoms with van der Waals surface area (Å²) in [7, 11) is 0. The van der Waals surface area contributed by atoms with E-state index in [0.29, 0.717) is 6.54 Å². The Balaban J connectivity index is 1.24. The Labute approximate surface area is 189 Å². The third-order valence-corrected chi connectivity index (χ3v) is 6.85. The maximum atomic E-state index is 12.5. The van der Waals surface area contributed by atoms with E-state index < -0.39 is 0 Å². The van der Waals surface area contributed by atoms with Gasteiger partial charge in [0.15, 0.2) is 0 Å². The first-order chi connectivity index (χ1) is 15.2. The number of nitrogens with one attached hydrogen (secondary N) is 1. The van der Waals surface area contributed by atoms with Crippen LogP contribution in [0, 0.1) is 6.92 Å². The fraction of sp³-hybridized carbons (Fsp3) is 0.296. The van der Waals surface area contributed by atoms with Gasteiger partial charge in [0.25, 0.3) is 5.91 Å². The molecule has 0 saturated heterocycles. The number of hydrogen-bond acceptors (Lipinski definition) is 3. The molecule has 0 spiro atoms. The molecule has 1 heterocycles. The van der Waals surface area contributed by atoms with E-state index in [9.17, 15) is 4.79 Å². The Kier molecular flexibility index (Phi) is 7.31. The highest BCUT2D eigenvalue weighted by atomic mass is 32.2. The Morgan fingerprint density at radius 1 is 1.00 bits per heavy atom. The van der Waals surface area contributed by atoms with Gasteiger partial charge in [-0.15, -0.1) is 0 Å². The molecule has 0 unspecified atom stereocenters. The highest BCUT2D eigenvalue weighted by Crippen LogP contribution is 2.28. The summed E-state index contributed by atoms with van der Waals surface area (Å²) < 4.78 is 0. The molecule has 1 amide bonds. The zero-order chi connectivity index (χ0) is 21.5. The van der Waals surface area contributed by atoms with Crippen molar-refractivity contribution in [1.82, 2.24) is 5.32 Å². The van der Waals surface area contributed by atoms with E-state index in [4.69, 9.17) is 0 Å². The number of anilines is 1. The molecule has 0 saturated carbocycles. The largest absolute Gasteiger partial charge is 0.367 e. The number of aryl methyl sites for hydroxylation is 2. The van der Waals surface area contributed by atoms with Crippen molar-refractivity contribution in [3.8, 4) is 0 Å². The van der Waals surface area contributed by atoms with Crippen LogP contribution >= 0.6 is 11.8 Å². The molecule has 4 heteroatoms. The third kappa shape index (κ3) is 5.71. The minimum atomic E-state index is 0.00589. The normalized spacial score (nSPS) is 13.0. The molecular weight excluding hydrogens is 400 g/mol. The molecule has 3 aromatic rings. The quantitative estimate of drug-likeness (QED) is 0.471. The molecule has 0 bridgehead atoms. The van der Waals surface area contributed by atoms with Gasteiger partial charge in [-0.25, -0.2) is 0 Å². The van der Waals surface area contributed by atoms with Crippen molar-refractivity contribution in [3.05, 3.63) is 101 Å². The lowest BCUT2D eigenvalue weighted by Crippen LogP contribution is -2.29. The van der Waals surface area contributed by atoms with Crippen molar-refractivity contribution in [3.63, 3.8) is 0 Å². The van der Waals surface area contributed by atoms with Crippen molar-refractivity contribution in [2.75, 3.05) is 23.7 Å². The van der Waals surface area contributed by atoms with E-state index in [1.807, 2.05) is 23.9 Å². The first kappa shape index (κ1) is 21.5. The van der Waals surface area contributed by atoms with Crippen LogP contribution in [0.2, 0.25) is 0 Å². The van der Waals surface area contributed by atoms with Crippen molar-refractivity contribution in [2.24, 2.45) is 0 Å². The number of nitrogens with zero attached hydrogens (tertiary/aromatic N) is 1. The average Bonchev–Trinajstić information content (AvgIpc) is 2.80. The van der Waals surface area contributed by atoms with Crippen LogP contribution in [0.25, 0.3) is 0 Å². The predicted octanol–water partition coefficient (Wildman–Crippen LogP) is 5.61. The van der Waals surface area contributed by atoms with Crippen LogP contribution in [0.1, 0.15) is 39.0 Å². The Bertz CT molecular complexity index is 1020. The van der Waals surface area contributed by atoms with Crippen molar-refractivity contribution >= 4 is 23.4 Å². The average molecular weight is 431 g/mol. The Morgan fingerprint density at radius 3 is 2.61 bits per heavy atom. The molecule has 0 radical (unpaired) electrons. The SMILES string of the molecule is Cc1ccccc1CSCCNC(=O)c1ccc(CN2CCCc3ccccc32)cc1. The summed E-state index contributed by atoms with van der Waals surface area (Å²) >= 11 is 1.85. The second-order valence-corrected chi connectivity index (χ2v) is 9.19. The van der Waals surface area contributed by atoms with E-state index in [1.165, 1.54) is 34.4 Å².